The summed E-state index contributed by atoms with van der Waals surface area (Å²) < 4.78 is 6.28. The van der Waals surface area contributed by atoms with Crippen molar-refractivity contribution in [2.24, 2.45) is 0 Å². The van der Waals surface area contributed by atoms with Gasteiger partial charge in [0.25, 0.3) is 0 Å². The normalized spacial score (nSPS) is 17.0. The Labute approximate surface area is 217 Å². The predicted molar refractivity (Wildman–Crippen MR) is 141 cm³/mol. The van der Waals surface area contributed by atoms with Crippen molar-refractivity contribution in [2.45, 2.75) is 37.4 Å². The number of carbonyl (C=O) groups is 1. The van der Waals surface area contributed by atoms with Crippen molar-refractivity contribution < 1.29 is 9.53 Å². The summed E-state index contributed by atoms with van der Waals surface area (Å²) in [6, 6.07) is 23.5. The lowest BCUT2D eigenvalue weighted by molar-refractivity contribution is -0.121. The van der Waals surface area contributed by atoms with Crippen molar-refractivity contribution in [1.82, 2.24) is 10.2 Å². The van der Waals surface area contributed by atoms with Crippen LogP contribution >= 0.6 is 23.2 Å². The van der Waals surface area contributed by atoms with Crippen LogP contribution in [0.1, 0.15) is 47.4 Å². The van der Waals surface area contributed by atoms with Crippen LogP contribution in [0.25, 0.3) is 0 Å². The van der Waals surface area contributed by atoms with Gasteiger partial charge in [0.2, 0.25) is 5.91 Å². The number of benzene rings is 3. The fourth-order valence-corrected chi connectivity index (χ4v) is 5.61. The highest BCUT2D eigenvalue weighted by Crippen LogP contribution is 2.43. The summed E-state index contributed by atoms with van der Waals surface area (Å²) in [5, 5.41) is 4.46. The van der Waals surface area contributed by atoms with Gasteiger partial charge in [-0.15, -0.1) is 0 Å². The van der Waals surface area contributed by atoms with Crippen LogP contribution in [-0.4, -0.2) is 37.0 Å². The molecule has 3 aromatic rings. The maximum absolute atomic E-state index is 13.2. The molecule has 1 fully saturated rings. The Bertz CT molecular complexity index is 1110. The molecule has 5 rings (SSSR count). The summed E-state index contributed by atoms with van der Waals surface area (Å²) in [5.74, 6) is -0.415. The SMILES string of the molecule is O=C(NCCCN1CCC2(CC1)OCc1ccccc12)C(c1ccc(Cl)cc1)c1ccc(Cl)cc1. The second-order valence-corrected chi connectivity index (χ2v) is 10.3. The number of ether oxygens (including phenoxy) is 1. The standard InChI is InChI=1S/C29H30Cl2N2O2/c30-24-10-6-21(7-11-24)27(22-8-12-25(31)13-9-22)28(34)32-16-3-17-33-18-14-29(15-19-33)26-5-2-1-4-23(26)20-35-29/h1-2,4-13,27H,3,14-20H2,(H,32,34). The van der Waals surface area contributed by atoms with Crippen LogP contribution in [0.3, 0.4) is 0 Å². The van der Waals surface area contributed by atoms with Gasteiger partial charge in [-0.3, -0.25) is 4.79 Å². The van der Waals surface area contributed by atoms with Gasteiger partial charge in [0, 0.05) is 29.7 Å². The van der Waals surface area contributed by atoms with Crippen LogP contribution in [0.4, 0.5) is 0 Å². The van der Waals surface area contributed by atoms with Gasteiger partial charge >= 0.3 is 0 Å². The van der Waals surface area contributed by atoms with Gasteiger partial charge < -0.3 is 15.0 Å². The molecule has 2 aliphatic heterocycles. The third kappa shape index (κ3) is 5.41. The van der Waals surface area contributed by atoms with Crippen molar-refractivity contribution in [3.8, 4) is 0 Å². The third-order valence-corrected chi connectivity index (χ3v) is 7.80. The maximum Gasteiger partial charge on any atom is 0.232 e. The van der Waals surface area contributed by atoms with Gasteiger partial charge in [-0.25, -0.2) is 0 Å². The fourth-order valence-electron chi connectivity index (χ4n) is 5.36. The zero-order valence-corrected chi connectivity index (χ0v) is 21.2. The van der Waals surface area contributed by atoms with Crippen molar-refractivity contribution in [1.29, 1.82) is 0 Å². The lowest BCUT2D eigenvalue weighted by atomic mass is 9.84. The number of halogens is 2. The fraction of sp³-hybridized carbons (Fsp3) is 0.345. The second kappa shape index (κ2) is 10.7. The number of fused-ring (bicyclic) bond motifs is 2. The van der Waals surface area contributed by atoms with E-state index in [0.29, 0.717) is 16.6 Å². The zero-order chi connectivity index (χ0) is 24.3. The number of likely N-dealkylation sites (tertiary alicyclic amines) is 1. The van der Waals surface area contributed by atoms with Crippen molar-refractivity contribution in [3.63, 3.8) is 0 Å². The summed E-state index contributed by atoms with van der Waals surface area (Å²) in [6.45, 7) is 4.35. The molecule has 35 heavy (non-hydrogen) atoms. The molecule has 0 unspecified atom stereocenters. The number of hydrogen-bond acceptors (Lipinski definition) is 3. The van der Waals surface area contributed by atoms with E-state index < -0.39 is 5.92 Å². The number of piperidine rings is 1. The molecular weight excluding hydrogens is 479 g/mol. The van der Waals surface area contributed by atoms with Crippen LogP contribution in [0.15, 0.2) is 72.8 Å². The highest BCUT2D eigenvalue weighted by atomic mass is 35.5. The summed E-state index contributed by atoms with van der Waals surface area (Å²) in [4.78, 5) is 15.7. The van der Waals surface area contributed by atoms with E-state index in [1.807, 2.05) is 48.5 Å². The molecule has 1 spiro atoms. The highest BCUT2D eigenvalue weighted by molar-refractivity contribution is 6.30. The molecule has 0 radical (unpaired) electrons. The molecule has 0 aliphatic carbocycles. The number of nitrogens with one attached hydrogen (secondary N) is 1. The molecule has 1 saturated heterocycles. The highest BCUT2D eigenvalue weighted by Gasteiger charge is 2.42. The Kier molecular flexibility index (Phi) is 7.45. The minimum Gasteiger partial charge on any atom is -0.365 e. The summed E-state index contributed by atoms with van der Waals surface area (Å²) in [6.07, 6.45) is 2.95. The molecule has 4 nitrogen and oxygen atoms in total. The van der Waals surface area contributed by atoms with Gasteiger partial charge in [-0.1, -0.05) is 71.7 Å². The van der Waals surface area contributed by atoms with Gasteiger partial charge in [0.15, 0.2) is 0 Å². The molecule has 182 valence electrons. The minimum atomic E-state index is -0.404. The molecule has 0 bridgehead atoms. The number of amides is 1. The lowest BCUT2D eigenvalue weighted by Gasteiger charge is -2.39. The molecule has 0 atom stereocenters. The van der Waals surface area contributed by atoms with Crippen molar-refractivity contribution >= 4 is 29.1 Å². The van der Waals surface area contributed by atoms with E-state index in [1.165, 1.54) is 11.1 Å². The molecule has 3 aromatic carbocycles. The van der Waals surface area contributed by atoms with Crippen LogP contribution in [0.5, 0.6) is 0 Å². The van der Waals surface area contributed by atoms with E-state index in [9.17, 15) is 4.79 Å². The smallest absolute Gasteiger partial charge is 0.232 e. The largest absolute Gasteiger partial charge is 0.365 e. The second-order valence-electron chi connectivity index (χ2n) is 9.46. The number of hydrogen-bond donors (Lipinski definition) is 1. The van der Waals surface area contributed by atoms with Gasteiger partial charge in [0.05, 0.1) is 18.1 Å². The first-order chi connectivity index (χ1) is 17.0. The maximum atomic E-state index is 13.2. The van der Waals surface area contributed by atoms with Crippen LogP contribution < -0.4 is 5.32 Å². The van der Waals surface area contributed by atoms with Gasteiger partial charge in [-0.2, -0.15) is 0 Å². The molecule has 6 heteroatoms. The summed E-state index contributed by atoms with van der Waals surface area (Å²) in [7, 11) is 0. The minimum absolute atomic E-state index is 0.0109. The summed E-state index contributed by atoms with van der Waals surface area (Å²) in [5.41, 5.74) is 4.42. The van der Waals surface area contributed by atoms with Crippen LogP contribution in [0, 0.1) is 0 Å². The van der Waals surface area contributed by atoms with E-state index in [-0.39, 0.29) is 11.5 Å². The van der Waals surface area contributed by atoms with Gasteiger partial charge in [0.1, 0.15) is 0 Å². The first-order valence-corrected chi connectivity index (χ1v) is 13.0. The molecule has 0 saturated carbocycles. The Morgan fingerprint density at radius 2 is 1.51 bits per heavy atom. The molecule has 1 N–H and O–H groups in total. The molecular formula is C29H30Cl2N2O2. The van der Waals surface area contributed by atoms with Crippen molar-refractivity contribution in [3.05, 3.63) is 105 Å². The third-order valence-electron chi connectivity index (χ3n) is 7.30. The van der Waals surface area contributed by atoms with E-state index in [4.69, 9.17) is 27.9 Å². The lowest BCUT2D eigenvalue weighted by Crippen LogP contribution is -2.43. The number of rotatable bonds is 7. The number of nitrogens with zero attached hydrogens (tertiary/aromatic N) is 1. The topological polar surface area (TPSA) is 41.6 Å². The van der Waals surface area contributed by atoms with E-state index in [0.717, 1.165) is 56.6 Å². The quantitative estimate of drug-likeness (QED) is 0.389. The van der Waals surface area contributed by atoms with E-state index in [2.05, 4.69) is 34.5 Å². The first kappa shape index (κ1) is 24.3. The number of carbonyl (C=O) groups excluding carboxylic acids is 1. The van der Waals surface area contributed by atoms with Crippen LogP contribution in [0.2, 0.25) is 10.0 Å². The molecule has 1 amide bonds. The molecule has 2 aliphatic rings. The van der Waals surface area contributed by atoms with Crippen molar-refractivity contribution in [2.75, 3.05) is 26.2 Å². The zero-order valence-electron chi connectivity index (χ0n) is 19.7. The van der Waals surface area contributed by atoms with Crippen LogP contribution in [-0.2, 0) is 21.7 Å². The van der Waals surface area contributed by atoms with E-state index >= 15 is 0 Å². The Hall–Kier alpha value is -2.37. The Balaban J connectivity index is 1.14. The first-order valence-electron chi connectivity index (χ1n) is 12.3. The Morgan fingerprint density at radius 1 is 0.914 bits per heavy atom. The van der Waals surface area contributed by atoms with Gasteiger partial charge in [-0.05, 0) is 72.3 Å². The molecule has 0 aromatic heterocycles. The van der Waals surface area contributed by atoms with E-state index in [1.54, 1.807) is 0 Å². The monoisotopic (exact) mass is 508 g/mol. The predicted octanol–water partition coefficient (Wildman–Crippen LogP) is 6.15. The molecule has 2 heterocycles. The Morgan fingerprint density at radius 3 is 2.14 bits per heavy atom. The average Bonchev–Trinajstić information content (AvgIpc) is 3.24. The average molecular weight is 509 g/mol. The summed E-state index contributed by atoms with van der Waals surface area (Å²) >= 11 is 12.1.